The van der Waals surface area contributed by atoms with Gasteiger partial charge in [0, 0.05) is 13.6 Å². The molecule has 1 aromatic carbocycles. The number of likely N-dealkylation sites (N-methyl/N-ethyl adjacent to an activating group) is 1. The fourth-order valence-corrected chi connectivity index (χ4v) is 2.56. The number of carboxylic acid groups (broad SMARTS) is 1. The van der Waals surface area contributed by atoms with E-state index in [4.69, 9.17) is 10.8 Å². The second-order valence-electron chi connectivity index (χ2n) is 4.29. The molecule has 1 aromatic rings. The lowest BCUT2D eigenvalue weighted by Gasteiger charge is -2.15. The summed E-state index contributed by atoms with van der Waals surface area (Å²) in [5, 5.41) is 8.80. The predicted molar refractivity (Wildman–Crippen MR) is 76.3 cm³/mol. The number of nitrogens with two attached hydrogens (primary N) is 1. The molecule has 116 valence electrons. The van der Waals surface area contributed by atoms with E-state index in [0.29, 0.717) is 6.54 Å². The van der Waals surface area contributed by atoms with Gasteiger partial charge < -0.3 is 15.7 Å². The number of nitrogen functional groups attached to an aromatic ring is 1. The summed E-state index contributed by atoms with van der Waals surface area (Å²) in [5.41, 5.74) is 5.25. The van der Waals surface area contributed by atoms with Crippen LogP contribution in [-0.4, -0.2) is 50.4 Å². The average Bonchev–Trinajstić information content (AvgIpc) is 2.43. The Morgan fingerprint density at radius 1 is 1.38 bits per heavy atom. The molecule has 0 unspecified atom stereocenters. The molecule has 0 aliphatic rings. The van der Waals surface area contributed by atoms with Crippen LogP contribution < -0.4 is 10.5 Å². The minimum absolute atomic E-state index is 0.117. The van der Waals surface area contributed by atoms with Crippen molar-refractivity contribution in [2.24, 2.45) is 0 Å². The van der Waals surface area contributed by atoms with Gasteiger partial charge in [-0.15, -0.1) is 0 Å². The third-order valence-corrected chi connectivity index (χ3v) is 4.33. The van der Waals surface area contributed by atoms with Crippen molar-refractivity contribution in [1.29, 1.82) is 0 Å². The number of hydrogen-bond acceptors (Lipinski definition) is 5. The lowest BCUT2D eigenvalue weighted by Crippen LogP contribution is -2.38. The molecule has 0 bridgehead atoms. The van der Waals surface area contributed by atoms with Crippen LogP contribution in [0.4, 0.5) is 5.69 Å². The highest BCUT2D eigenvalue weighted by atomic mass is 32.2. The Morgan fingerprint density at radius 3 is 2.48 bits per heavy atom. The molecular weight excluding hydrogens is 298 g/mol. The number of aromatic carboxylic acids is 1. The van der Waals surface area contributed by atoms with E-state index in [1.807, 2.05) is 0 Å². The van der Waals surface area contributed by atoms with Crippen LogP contribution >= 0.6 is 0 Å². The lowest BCUT2D eigenvalue weighted by molar-refractivity contribution is -0.128. The average molecular weight is 315 g/mol. The van der Waals surface area contributed by atoms with Gasteiger partial charge in [0.05, 0.1) is 17.8 Å². The number of nitrogens with zero attached hydrogens (tertiary/aromatic N) is 1. The third kappa shape index (κ3) is 4.17. The summed E-state index contributed by atoms with van der Waals surface area (Å²) in [6.45, 7) is 1.82. The molecule has 0 aromatic heterocycles. The van der Waals surface area contributed by atoms with E-state index < -0.39 is 22.5 Å². The van der Waals surface area contributed by atoms with Gasteiger partial charge in [-0.25, -0.2) is 17.9 Å². The van der Waals surface area contributed by atoms with Gasteiger partial charge in [0.25, 0.3) is 0 Å². The smallest absolute Gasteiger partial charge is 0.335 e. The summed E-state index contributed by atoms with van der Waals surface area (Å²) in [4.78, 5) is 23.4. The molecule has 1 rings (SSSR count). The van der Waals surface area contributed by atoms with Crippen molar-refractivity contribution in [2.75, 3.05) is 25.9 Å². The molecule has 0 spiro atoms. The first kappa shape index (κ1) is 16.9. The number of carbonyl (C=O) groups excluding carboxylic acids is 1. The van der Waals surface area contributed by atoms with Gasteiger partial charge in [-0.1, -0.05) is 0 Å². The van der Waals surface area contributed by atoms with Crippen LogP contribution in [0.5, 0.6) is 0 Å². The number of sulfonamides is 1. The fourth-order valence-electron chi connectivity index (χ4n) is 1.47. The predicted octanol–water partition coefficient (Wildman–Crippen LogP) is -0.276. The Morgan fingerprint density at radius 2 is 2.00 bits per heavy atom. The van der Waals surface area contributed by atoms with E-state index in [2.05, 4.69) is 4.72 Å². The molecule has 0 fully saturated rings. The second-order valence-corrected chi connectivity index (χ2v) is 6.03. The zero-order valence-corrected chi connectivity index (χ0v) is 12.5. The second kappa shape index (κ2) is 6.55. The monoisotopic (exact) mass is 315 g/mol. The zero-order valence-electron chi connectivity index (χ0n) is 11.7. The molecule has 21 heavy (non-hydrogen) atoms. The molecule has 0 heterocycles. The highest BCUT2D eigenvalue weighted by Gasteiger charge is 2.20. The highest BCUT2D eigenvalue weighted by Crippen LogP contribution is 2.19. The molecule has 0 radical (unpaired) electrons. The van der Waals surface area contributed by atoms with E-state index in [-0.39, 0.29) is 22.1 Å². The van der Waals surface area contributed by atoms with Gasteiger partial charge in [0.2, 0.25) is 15.9 Å². The van der Waals surface area contributed by atoms with E-state index in [9.17, 15) is 18.0 Å². The number of nitrogens with one attached hydrogen (secondary N) is 1. The molecule has 0 saturated carbocycles. The van der Waals surface area contributed by atoms with E-state index in [0.717, 1.165) is 18.2 Å². The van der Waals surface area contributed by atoms with Crippen LogP contribution in [0.25, 0.3) is 0 Å². The summed E-state index contributed by atoms with van der Waals surface area (Å²) >= 11 is 0. The summed E-state index contributed by atoms with van der Waals surface area (Å²) in [6.07, 6.45) is 0. The summed E-state index contributed by atoms with van der Waals surface area (Å²) < 4.78 is 26.2. The van der Waals surface area contributed by atoms with Crippen molar-refractivity contribution in [1.82, 2.24) is 9.62 Å². The van der Waals surface area contributed by atoms with Crippen LogP contribution in [0.3, 0.4) is 0 Å². The largest absolute Gasteiger partial charge is 0.478 e. The quantitative estimate of drug-likeness (QED) is 0.619. The summed E-state index contributed by atoms with van der Waals surface area (Å²) in [5.74, 6) is -1.60. The normalized spacial score (nSPS) is 11.1. The summed E-state index contributed by atoms with van der Waals surface area (Å²) in [6, 6.07) is 3.28. The van der Waals surface area contributed by atoms with Gasteiger partial charge in [0.15, 0.2) is 0 Å². The van der Waals surface area contributed by atoms with Crippen LogP contribution in [0, 0.1) is 0 Å². The van der Waals surface area contributed by atoms with E-state index in [1.165, 1.54) is 4.90 Å². The first-order chi connectivity index (χ1) is 9.69. The van der Waals surface area contributed by atoms with Crippen molar-refractivity contribution < 1.29 is 23.1 Å². The van der Waals surface area contributed by atoms with Crippen LogP contribution in [-0.2, 0) is 14.8 Å². The Hall–Kier alpha value is -2.13. The number of carboxylic acids is 1. The Kier molecular flexibility index (Phi) is 5.28. The molecule has 8 nitrogen and oxygen atoms in total. The van der Waals surface area contributed by atoms with E-state index >= 15 is 0 Å². The maximum absolute atomic E-state index is 12.0. The summed E-state index contributed by atoms with van der Waals surface area (Å²) in [7, 11) is -2.44. The van der Waals surface area contributed by atoms with Crippen molar-refractivity contribution >= 4 is 27.6 Å². The molecule has 0 aliphatic carbocycles. The van der Waals surface area contributed by atoms with Gasteiger partial charge >= 0.3 is 5.97 Å². The standard InChI is InChI=1S/C12H17N3O5S/c1-3-15(2)11(16)7-14-21(19,20)10-5-4-8(12(17)18)6-9(10)13/h4-6,14H,3,7,13H2,1-2H3,(H,17,18). The zero-order chi connectivity index (χ0) is 16.2. The number of anilines is 1. The minimum Gasteiger partial charge on any atom is -0.478 e. The topological polar surface area (TPSA) is 130 Å². The van der Waals surface area contributed by atoms with Gasteiger partial charge in [-0.3, -0.25) is 4.79 Å². The Labute approximate surface area is 122 Å². The SMILES string of the molecule is CCN(C)C(=O)CNS(=O)(=O)c1ccc(C(=O)O)cc1N. The number of amides is 1. The minimum atomic E-state index is -3.99. The molecular formula is C12H17N3O5S. The molecule has 0 atom stereocenters. The van der Waals surface area contributed by atoms with Gasteiger partial charge in [-0.05, 0) is 25.1 Å². The van der Waals surface area contributed by atoms with Gasteiger partial charge in [0.1, 0.15) is 4.90 Å². The van der Waals surface area contributed by atoms with Crippen LogP contribution in [0.1, 0.15) is 17.3 Å². The highest BCUT2D eigenvalue weighted by molar-refractivity contribution is 7.89. The Balaban J connectivity index is 2.94. The fraction of sp³-hybridized carbons (Fsp3) is 0.333. The Bertz CT molecular complexity index is 657. The first-order valence-corrected chi connectivity index (χ1v) is 7.53. The number of rotatable bonds is 6. The van der Waals surface area contributed by atoms with E-state index in [1.54, 1.807) is 14.0 Å². The van der Waals surface area contributed by atoms with Crippen LogP contribution in [0.2, 0.25) is 0 Å². The third-order valence-electron chi connectivity index (χ3n) is 2.86. The molecule has 4 N–H and O–H groups in total. The first-order valence-electron chi connectivity index (χ1n) is 6.05. The number of carbonyl (C=O) groups is 2. The lowest BCUT2D eigenvalue weighted by atomic mass is 10.2. The number of benzene rings is 1. The molecule has 0 aliphatic heterocycles. The van der Waals surface area contributed by atoms with Crippen LogP contribution in [0.15, 0.2) is 23.1 Å². The van der Waals surface area contributed by atoms with Crippen molar-refractivity contribution in [2.45, 2.75) is 11.8 Å². The number of hydrogen-bond donors (Lipinski definition) is 3. The van der Waals surface area contributed by atoms with Crippen molar-refractivity contribution in [3.8, 4) is 0 Å². The maximum atomic E-state index is 12.0. The molecule has 0 saturated heterocycles. The molecule has 1 amide bonds. The molecule has 9 heteroatoms. The maximum Gasteiger partial charge on any atom is 0.335 e. The van der Waals surface area contributed by atoms with Crippen molar-refractivity contribution in [3.63, 3.8) is 0 Å². The van der Waals surface area contributed by atoms with Gasteiger partial charge in [-0.2, -0.15) is 0 Å². The van der Waals surface area contributed by atoms with Crippen molar-refractivity contribution in [3.05, 3.63) is 23.8 Å².